The Morgan fingerprint density at radius 1 is 1.11 bits per heavy atom. The van der Waals surface area contributed by atoms with Crippen LogP contribution in [0, 0.1) is 19.7 Å². The summed E-state index contributed by atoms with van der Waals surface area (Å²) < 4.78 is 42.2. The number of carbonyl (C=O) groups excluding carboxylic acids is 1. The van der Waals surface area contributed by atoms with Gasteiger partial charge in [0.25, 0.3) is 15.9 Å². The predicted octanol–water partition coefficient (Wildman–Crippen LogP) is 6.35. The van der Waals surface area contributed by atoms with E-state index in [0.717, 1.165) is 11.1 Å². The normalized spacial score (nSPS) is 11.2. The molecule has 0 aliphatic carbocycles. The molecule has 2 heterocycles. The summed E-state index contributed by atoms with van der Waals surface area (Å²) in [5.74, 6) is -1.07. The molecule has 0 aliphatic heterocycles. The summed E-state index contributed by atoms with van der Waals surface area (Å²) in [5, 5.41) is 8.30. The molecule has 196 valence electrons. The van der Waals surface area contributed by atoms with E-state index in [1.165, 1.54) is 35.7 Å². The minimum Gasteiger partial charge on any atom is -0.388 e. The number of nitrogens with zero attached hydrogens (tertiary/aromatic N) is 2. The zero-order chi connectivity index (χ0) is 27.6. The van der Waals surface area contributed by atoms with Crippen LogP contribution in [0.25, 0.3) is 17.2 Å². The fourth-order valence-electron chi connectivity index (χ4n) is 3.74. The molecule has 1 amide bonds. The van der Waals surface area contributed by atoms with E-state index in [1.54, 1.807) is 37.6 Å². The number of amides is 1. The molecule has 4 rings (SSSR count). The van der Waals surface area contributed by atoms with E-state index in [9.17, 15) is 17.6 Å². The molecule has 8 nitrogen and oxygen atoms in total. The highest BCUT2D eigenvalue weighted by atomic mass is 35.5. The van der Waals surface area contributed by atoms with Crippen LogP contribution in [-0.2, 0) is 10.0 Å². The molecule has 0 aliphatic rings. The van der Waals surface area contributed by atoms with E-state index < -0.39 is 15.8 Å². The molecule has 2 aromatic heterocycles. The number of hydrogen-bond donors (Lipinski definition) is 3. The maximum atomic E-state index is 13.8. The third kappa shape index (κ3) is 5.69. The molecule has 38 heavy (non-hydrogen) atoms. The van der Waals surface area contributed by atoms with Crippen molar-refractivity contribution in [2.45, 2.75) is 18.7 Å². The highest BCUT2D eigenvalue weighted by Gasteiger charge is 2.21. The molecular weight excluding hydrogens is 549 g/mol. The van der Waals surface area contributed by atoms with Crippen LogP contribution in [0.5, 0.6) is 0 Å². The number of carbonyl (C=O) groups is 1. The average Bonchev–Trinajstić information content (AvgIpc) is 3.32. The molecule has 12 heteroatoms. The minimum absolute atomic E-state index is 0.00941. The van der Waals surface area contributed by atoms with Gasteiger partial charge in [-0.2, -0.15) is 0 Å². The van der Waals surface area contributed by atoms with Gasteiger partial charge in [0.05, 0.1) is 21.3 Å². The van der Waals surface area contributed by atoms with Crippen molar-refractivity contribution in [2.24, 2.45) is 0 Å². The summed E-state index contributed by atoms with van der Waals surface area (Å²) in [7, 11) is -2.44. The molecule has 2 aromatic carbocycles. The van der Waals surface area contributed by atoms with Crippen molar-refractivity contribution < 1.29 is 17.6 Å². The Kier molecular flexibility index (Phi) is 7.81. The van der Waals surface area contributed by atoms with E-state index in [-0.39, 0.29) is 27.3 Å². The lowest BCUT2D eigenvalue weighted by Crippen LogP contribution is -2.15. The molecular formula is C26H23ClFN5O3S2. The Balaban J connectivity index is 1.75. The first-order valence-electron chi connectivity index (χ1n) is 11.2. The molecule has 0 bridgehead atoms. The molecule has 3 N–H and O–H groups in total. The topological polar surface area (TPSA) is 113 Å². The van der Waals surface area contributed by atoms with Crippen molar-refractivity contribution in [2.75, 3.05) is 22.4 Å². The summed E-state index contributed by atoms with van der Waals surface area (Å²) in [4.78, 5) is 21.0. The van der Waals surface area contributed by atoms with Gasteiger partial charge < -0.3 is 10.6 Å². The van der Waals surface area contributed by atoms with Crippen molar-refractivity contribution in [1.29, 1.82) is 0 Å². The van der Waals surface area contributed by atoms with Crippen LogP contribution in [0.2, 0.25) is 5.15 Å². The zero-order valence-electron chi connectivity index (χ0n) is 20.6. The van der Waals surface area contributed by atoms with E-state index >= 15 is 0 Å². The number of aryl methyl sites for hydroxylation is 2. The van der Waals surface area contributed by atoms with Gasteiger partial charge in [0.2, 0.25) is 0 Å². The second-order valence-corrected chi connectivity index (χ2v) is 11.3. The summed E-state index contributed by atoms with van der Waals surface area (Å²) >= 11 is 7.59. The fraction of sp³-hybridized carbons (Fsp3) is 0.115. The minimum atomic E-state index is -4.17. The van der Waals surface area contributed by atoms with Gasteiger partial charge in [0.1, 0.15) is 11.5 Å². The molecule has 0 spiro atoms. The van der Waals surface area contributed by atoms with Crippen LogP contribution < -0.4 is 15.4 Å². The number of anilines is 3. The third-order valence-corrected chi connectivity index (χ3v) is 8.19. The van der Waals surface area contributed by atoms with E-state index in [4.69, 9.17) is 11.6 Å². The Hall–Kier alpha value is -3.80. The van der Waals surface area contributed by atoms with Crippen LogP contribution in [-0.4, -0.2) is 31.3 Å². The van der Waals surface area contributed by atoms with E-state index in [2.05, 4.69) is 31.9 Å². The predicted molar refractivity (Wildman–Crippen MR) is 151 cm³/mol. The first-order chi connectivity index (χ1) is 18.0. The quantitative estimate of drug-likeness (QED) is 0.212. The number of sulfonamides is 1. The Bertz CT molecular complexity index is 1670. The largest absolute Gasteiger partial charge is 0.388 e. The maximum Gasteiger partial charge on any atom is 0.275 e. The number of thiazole rings is 1. The number of benzene rings is 2. The summed E-state index contributed by atoms with van der Waals surface area (Å²) in [6.45, 7) is 7.23. The van der Waals surface area contributed by atoms with Crippen molar-refractivity contribution >= 4 is 62.0 Å². The van der Waals surface area contributed by atoms with Crippen LogP contribution in [0.15, 0.2) is 59.4 Å². The van der Waals surface area contributed by atoms with Crippen molar-refractivity contribution in [3.05, 3.63) is 87.4 Å². The Morgan fingerprint density at radius 3 is 2.47 bits per heavy atom. The van der Waals surface area contributed by atoms with Crippen molar-refractivity contribution in [3.63, 3.8) is 0 Å². The number of halogens is 2. The second kappa shape index (κ2) is 10.9. The number of hydrogen-bond acceptors (Lipinski definition) is 7. The van der Waals surface area contributed by atoms with Gasteiger partial charge in [0.15, 0.2) is 5.15 Å². The summed E-state index contributed by atoms with van der Waals surface area (Å²) in [5.41, 5.74) is 3.56. The van der Waals surface area contributed by atoms with Crippen LogP contribution in [0.1, 0.15) is 26.6 Å². The zero-order valence-corrected chi connectivity index (χ0v) is 23.0. The standard InChI is InChI=1S/C26H23ClFN5O3S2/c1-5-19-20(29-4)8-16(9-21(19)32-26(34)23-13-37-15(3)31-23)17-10-22(25(27)30-12-17)33-38(35,36)24-11-18(28)7-6-14(24)2/h5-13,29,33H,1H2,2-4H3,(H,32,34). The lowest BCUT2D eigenvalue weighted by Gasteiger charge is -2.16. The maximum absolute atomic E-state index is 13.8. The van der Waals surface area contributed by atoms with E-state index in [1.807, 2.05) is 6.92 Å². The second-order valence-electron chi connectivity index (χ2n) is 8.22. The average molecular weight is 572 g/mol. The van der Waals surface area contributed by atoms with Gasteiger partial charge >= 0.3 is 0 Å². The van der Waals surface area contributed by atoms with Crippen LogP contribution in [0.4, 0.5) is 21.5 Å². The Labute approximate surface area is 228 Å². The molecule has 0 saturated carbocycles. The highest BCUT2D eigenvalue weighted by molar-refractivity contribution is 7.92. The number of aromatic nitrogens is 2. The molecule has 0 unspecified atom stereocenters. The molecule has 0 atom stereocenters. The van der Waals surface area contributed by atoms with Gasteiger partial charge in [0, 0.05) is 35.4 Å². The highest BCUT2D eigenvalue weighted by Crippen LogP contribution is 2.35. The lowest BCUT2D eigenvalue weighted by molar-refractivity contribution is 0.102. The lowest BCUT2D eigenvalue weighted by atomic mass is 10.0. The molecule has 4 aromatic rings. The number of rotatable bonds is 8. The first-order valence-corrected chi connectivity index (χ1v) is 13.9. The smallest absolute Gasteiger partial charge is 0.275 e. The van der Waals surface area contributed by atoms with Crippen molar-refractivity contribution in [3.8, 4) is 11.1 Å². The van der Waals surface area contributed by atoms with Gasteiger partial charge in [-0.05, 0) is 55.3 Å². The molecule has 0 fully saturated rings. The first kappa shape index (κ1) is 27.2. The van der Waals surface area contributed by atoms with E-state index in [0.29, 0.717) is 33.6 Å². The molecule has 0 radical (unpaired) electrons. The molecule has 0 saturated heterocycles. The number of nitrogens with one attached hydrogen (secondary N) is 3. The number of pyridine rings is 1. The monoisotopic (exact) mass is 571 g/mol. The summed E-state index contributed by atoms with van der Waals surface area (Å²) in [6, 6.07) is 8.54. The van der Waals surface area contributed by atoms with Gasteiger partial charge in [-0.25, -0.2) is 22.8 Å². The fourth-order valence-corrected chi connectivity index (χ4v) is 5.86. The Morgan fingerprint density at radius 2 is 1.82 bits per heavy atom. The van der Waals surface area contributed by atoms with Crippen LogP contribution in [0.3, 0.4) is 0 Å². The SMILES string of the molecule is C=Cc1c(NC)cc(-c2cnc(Cl)c(NS(=O)(=O)c3cc(F)ccc3C)c2)cc1NC(=O)c1csc(C)n1. The summed E-state index contributed by atoms with van der Waals surface area (Å²) in [6.07, 6.45) is 3.09. The van der Waals surface area contributed by atoms with Gasteiger partial charge in [-0.3, -0.25) is 9.52 Å². The van der Waals surface area contributed by atoms with Crippen molar-refractivity contribution in [1.82, 2.24) is 9.97 Å². The van der Waals surface area contributed by atoms with Gasteiger partial charge in [-0.1, -0.05) is 30.3 Å². The van der Waals surface area contributed by atoms with Crippen LogP contribution >= 0.6 is 22.9 Å². The van der Waals surface area contributed by atoms with Gasteiger partial charge in [-0.15, -0.1) is 11.3 Å². The third-order valence-electron chi connectivity index (χ3n) is 5.61.